The topological polar surface area (TPSA) is 124 Å². The Morgan fingerprint density at radius 3 is 2.14 bits per heavy atom. The van der Waals surface area contributed by atoms with E-state index in [9.17, 15) is 25.0 Å². The van der Waals surface area contributed by atoms with E-state index in [0.717, 1.165) is 22.5 Å². The van der Waals surface area contributed by atoms with Crippen LogP contribution in [0.25, 0.3) is 17.2 Å². The van der Waals surface area contributed by atoms with Gasteiger partial charge in [-0.05, 0) is 31.0 Å². The Hall–Kier alpha value is -5.64. The summed E-state index contributed by atoms with van der Waals surface area (Å²) < 4.78 is 8.29. The first-order valence-corrected chi connectivity index (χ1v) is 14.1. The van der Waals surface area contributed by atoms with Crippen LogP contribution in [0.15, 0.2) is 107 Å². The molecular weight excluding hydrogens is 560 g/mol. The van der Waals surface area contributed by atoms with Gasteiger partial charge in [0.2, 0.25) is 5.58 Å². The van der Waals surface area contributed by atoms with Crippen LogP contribution in [-0.4, -0.2) is 15.6 Å². The van der Waals surface area contributed by atoms with E-state index in [2.05, 4.69) is 4.90 Å². The van der Waals surface area contributed by atoms with Crippen molar-refractivity contribution < 1.29 is 23.6 Å². The molecule has 4 aromatic carbocycles. The van der Waals surface area contributed by atoms with Crippen LogP contribution in [-0.2, 0) is 23.3 Å². The van der Waals surface area contributed by atoms with Gasteiger partial charge in [0.15, 0.2) is 6.54 Å². The number of anilines is 1. The Morgan fingerprint density at radius 1 is 0.886 bits per heavy atom. The fourth-order valence-electron chi connectivity index (χ4n) is 6.10. The standard InChI is InChI=1S/C34H29N4O6/c1-23(39)20-34(2)28-17-26(37(40)41)13-15-29(28)35(21-24-9-5-3-6-10-24)32(34)19-33-36(22-25-11-7-4-8-12-25)30-16-14-27(38(42)43)18-31(30)44-33/h3-19H,20-22H2,1-2H3/q+1. The van der Waals surface area contributed by atoms with Crippen LogP contribution >= 0.6 is 0 Å². The zero-order valence-corrected chi connectivity index (χ0v) is 24.2. The van der Waals surface area contributed by atoms with Gasteiger partial charge in [0.1, 0.15) is 5.78 Å². The quantitative estimate of drug-likeness (QED) is 0.104. The van der Waals surface area contributed by atoms with E-state index in [0.29, 0.717) is 35.6 Å². The van der Waals surface area contributed by atoms with E-state index in [1.165, 1.54) is 25.1 Å². The Morgan fingerprint density at radius 2 is 1.50 bits per heavy atom. The SMILES string of the molecule is CC(=O)CC1(C)/C(=C\c2oc3cc([N+](=O)[O-])ccc3[n+]2Cc2ccccc2)N(Cc2ccccc2)c2ccc([N+](=O)[O-])cc21. The molecule has 10 nitrogen and oxygen atoms in total. The van der Waals surface area contributed by atoms with E-state index in [1.54, 1.807) is 18.2 Å². The summed E-state index contributed by atoms with van der Waals surface area (Å²) in [5, 5.41) is 23.4. The van der Waals surface area contributed by atoms with E-state index < -0.39 is 15.3 Å². The predicted octanol–water partition coefficient (Wildman–Crippen LogP) is 6.88. The molecule has 0 aliphatic carbocycles. The number of rotatable bonds is 9. The number of fused-ring (bicyclic) bond motifs is 2. The molecule has 0 radical (unpaired) electrons. The van der Waals surface area contributed by atoms with Crippen LogP contribution < -0.4 is 9.47 Å². The van der Waals surface area contributed by atoms with Crippen molar-refractivity contribution in [3.8, 4) is 0 Å². The van der Waals surface area contributed by atoms with Gasteiger partial charge in [0, 0.05) is 59.6 Å². The lowest BCUT2D eigenvalue weighted by Crippen LogP contribution is -2.37. The second kappa shape index (κ2) is 11.2. The molecule has 0 saturated heterocycles. The van der Waals surface area contributed by atoms with Gasteiger partial charge in [-0.2, -0.15) is 4.57 Å². The number of carbonyl (C=O) groups excluding carboxylic acids is 1. The third kappa shape index (κ3) is 5.22. The zero-order chi connectivity index (χ0) is 31.0. The number of hydrogen-bond acceptors (Lipinski definition) is 7. The molecule has 0 bridgehead atoms. The largest absolute Gasteiger partial charge is 0.398 e. The molecule has 0 N–H and O–H groups in total. The molecule has 1 atom stereocenters. The normalized spacial score (nSPS) is 16.8. The highest BCUT2D eigenvalue weighted by molar-refractivity contribution is 5.84. The highest BCUT2D eigenvalue weighted by atomic mass is 16.6. The Bertz CT molecular complexity index is 1950. The number of aromatic nitrogens is 1. The number of allylic oxidation sites excluding steroid dienone is 1. The molecule has 6 rings (SSSR count). The van der Waals surface area contributed by atoms with Crippen molar-refractivity contribution in [2.75, 3.05) is 4.90 Å². The van der Waals surface area contributed by atoms with Gasteiger partial charge < -0.3 is 9.32 Å². The first-order chi connectivity index (χ1) is 21.1. The van der Waals surface area contributed by atoms with Gasteiger partial charge in [0.25, 0.3) is 16.9 Å². The average molecular weight is 590 g/mol. The van der Waals surface area contributed by atoms with Crippen LogP contribution in [0.3, 0.4) is 0 Å². The van der Waals surface area contributed by atoms with E-state index >= 15 is 0 Å². The van der Waals surface area contributed by atoms with E-state index in [1.807, 2.05) is 78.2 Å². The Balaban J connectivity index is 1.60. The number of oxazole rings is 1. The van der Waals surface area contributed by atoms with Crippen LogP contribution in [0.4, 0.5) is 17.1 Å². The molecule has 1 unspecified atom stereocenters. The van der Waals surface area contributed by atoms with Crippen LogP contribution in [0.5, 0.6) is 0 Å². The first-order valence-electron chi connectivity index (χ1n) is 14.1. The minimum atomic E-state index is -0.933. The number of benzene rings is 4. The highest BCUT2D eigenvalue weighted by Gasteiger charge is 2.46. The van der Waals surface area contributed by atoms with Crippen molar-refractivity contribution in [2.24, 2.45) is 0 Å². The highest BCUT2D eigenvalue weighted by Crippen LogP contribution is 2.52. The third-order valence-electron chi connectivity index (χ3n) is 8.09. The van der Waals surface area contributed by atoms with Crippen molar-refractivity contribution in [1.29, 1.82) is 0 Å². The molecule has 1 aliphatic rings. The van der Waals surface area contributed by atoms with Crippen LogP contribution in [0.1, 0.15) is 42.8 Å². The van der Waals surface area contributed by atoms with E-state index in [4.69, 9.17) is 4.42 Å². The molecule has 0 saturated carbocycles. The molecule has 0 amide bonds. The number of Topliss-reactive ketones (excluding diaryl/α,β-unsaturated/α-hetero) is 1. The number of nitro benzene ring substituents is 2. The summed E-state index contributed by atoms with van der Waals surface area (Å²) in [6.07, 6.45) is 1.97. The molecule has 5 aromatic rings. The van der Waals surface area contributed by atoms with Crippen molar-refractivity contribution in [3.05, 3.63) is 146 Å². The summed E-state index contributed by atoms with van der Waals surface area (Å²) in [5.74, 6) is 0.351. The maximum absolute atomic E-state index is 12.8. The van der Waals surface area contributed by atoms with Gasteiger partial charge in [-0.1, -0.05) is 60.7 Å². The maximum Gasteiger partial charge on any atom is 0.376 e. The molecule has 0 spiro atoms. The lowest BCUT2D eigenvalue weighted by molar-refractivity contribution is -0.669. The summed E-state index contributed by atoms with van der Waals surface area (Å²) in [6.45, 7) is 4.29. The number of nitrogens with zero attached hydrogens (tertiary/aromatic N) is 4. The van der Waals surface area contributed by atoms with Gasteiger partial charge in [-0.15, -0.1) is 0 Å². The minimum absolute atomic E-state index is 0.0605. The molecule has 1 aromatic heterocycles. The first kappa shape index (κ1) is 28.5. The maximum atomic E-state index is 12.8. The molecule has 44 heavy (non-hydrogen) atoms. The number of non-ortho nitro benzene ring substituents is 2. The van der Waals surface area contributed by atoms with Gasteiger partial charge >= 0.3 is 5.89 Å². The summed E-state index contributed by atoms with van der Waals surface area (Å²) in [7, 11) is 0. The summed E-state index contributed by atoms with van der Waals surface area (Å²) in [6, 6.07) is 28.9. The molecule has 1 aliphatic heterocycles. The Labute approximate surface area is 252 Å². The number of ketones is 1. The van der Waals surface area contributed by atoms with Crippen LogP contribution in [0.2, 0.25) is 0 Å². The van der Waals surface area contributed by atoms with Crippen molar-refractivity contribution >= 4 is 40.0 Å². The zero-order valence-electron chi connectivity index (χ0n) is 24.2. The number of nitro groups is 2. The van der Waals surface area contributed by atoms with Crippen molar-refractivity contribution in [2.45, 2.75) is 38.8 Å². The van der Waals surface area contributed by atoms with Gasteiger partial charge in [0.05, 0.1) is 22.0 Å². The molecule has 0 fully saturated rings. The second-order valence-corrected chi connectivity index (χ2v) is 11.2. The van der Waals surface area contributed by atoms with Gasteiger partial charge in [-0.3, -0.25) is 25.0 Å². The summed E-state index contributed by atoms with van der Waals surface area (Å²) >= 11 is 0. The third-order valence-corrected chi connectivity index (χ3v) is 8.09. The second-order valence-electron chi connectivity index (χ2n) is 11.2. The van der Waals surface area contributed by atoms with Crippen molar-refractivity contribution in [3.63, 3.8) is 0 Å². The fraction of sp³-hybridized carbons (Fsp3) is 0.176. The molecule has 220 valence electrons. The minimum Gasteiger partial charge on any atom is -0.398 e. The smallest absolute Gasteiger partial charge is 0.376 e. The number of hydrogen-bond donors (Lipinski definition) is 0. The predicted molar refractivity (Wildman–Crippen MR) is 165 cm³/mol. The van der Waals surface area contributed by atoms with E-state index in [-0.39, 0.29) is 23.6 Å². The number of carbonyl (C=O) groups is 1. The summed E-state index contributed by atoms with van der Waals surface area (Å²) in [5.41, 5.74) is 4.08. The fourth-order valence-corrected chi connectivity index (χ4v) is 6.10. The molecular formula is C34H29N4O6+. The Kier molecular flexibility index (Phi) is 7.26. The van der Waals surface area contributed by atoms with Gasteiger partial charge in [-0.25, -0.2) is 0 Å². The van der Waals surface area contributed by atoms with Crippen molar-refractivity contribution in [1.82, 2.24) is 0 Å². The molecule has 10 heteroatoms. The monoisotopic (exact) mass is 589 g/mol. The lowest BCUT2D eigenvalue weighted by atomic mass is 9.77. The summed E-state index contributed by atoms with van der Waals surface area (Å²) in [4.78, 5) is 37.3. The molecule has 2 heterocycles. The average Bonchev–Trinajstić information content (AvgIpc) is 3.45. The van der Waals surface area contributed by atoms with Crippen LogP contribution in [0, 0.1) is 20.2 Å². The lowest BCUT2D eigenvalue weighted by Gasteiger charge is -2.29.